The first-order valence-corrected chi connectivity index (χ1v) is 6.76. The monoisotopic (exact) mass is 222 g/mol. The summed E-state index contributed by atoms with van der Waals surface area (Å²) in [7, 11) is 0. The highest BCUT2D eigenvalue weighted by molar-refractivity contribution is 5.20. The molecule has 0 saturated heterocycles. The molecule has 1 fully saturated rings. The highest BCUT2D eigenvalue weighted by Gasteiger charge is 2.48. The topological polar surface area (TPSA) is 20.2 Å². The van der Waals surface area contributed by atoms with Gasteiger partial charge in [-0.2, -0.15) is 0 Å². The van der Waals surface area contributed by atoms with Crippen LogP contribution in [0.3, 0.4) is 0 Å². The summed E-state index contributed by atoms with van der Waals surface area (Å²) in [5.41, 5.74) is 1.52. The Bertz CT molecular complexity index is 297. The van der Waals surface area contributed by atoms with Crippen molar-refractivity contribution >= 4 is 0 Å². The van der Waals surface area contributed by atoms with Gasteiger partial charge in [-0.1, -0.05) is 18.6 Å². The van der Waals surface area contributed by atoms with Crippen LogP contribution in [0.1, 0.15) is 59.8 Å². The van der Waals surface area contributed by atoms with E-state index in [0.717, 1.165) is 5.92 Å². The Morgan fingerprint density at radius 1 is 1.38 bits per heavy atom. The van der Waals surface area contributed by atoms with Gasteiger partial charge in [0.2, 0.25) is 0 Å². The number of hydrogen-bond donors (Lipinski definition) is 1. The highest BCUT2D eigenvalue weighted by Crippen LogP contribution is 2.56. The maximum absolute atomic E-state index is 10.2. The van der Waals surface area contributed by atoms with E-state index in [4.69, 9.17) is 0 Å². The van der Waals surface area contributed by atoms with E-state index in [2.05, 4.69) is 19.9 Å². The van der Waals surface area contributed by atoms with Crippen LogP contribution in [0, 0.1) is 17.3 Å². The minimum Gasteiger partial charge on any atom is -0.390 e. The van der Waals surface area contributed by atoms with Crippen LogP contribution in [0.4, 0.5) is 0 Å². The van der Waals surface area contributed by atoms with Gasteiger partial charge >= 0.3 is 0 Å². The molecule has 0 aromatic heterocycles. The van der Waals surface area contributed by atoms with E-state index in [9.17, 15) is 5.11 Å². The van der Waals surface area contributed by atoms with E-state index in [1.807, 2.05) is 13.8 Å². The Kier molecular flexibility index (Phi) is 2.94. The summed E-state index contributed by atoms with van der Waals surface area (Å²) in [4.78, 5) is 0. The molecule has 0 aromatic carbocycles. The Morgan fingerprint density at radius 3 is 2.56 bits per heavy atom. The van der Waals surface area contributed by atoms with Crippen LogP contribution in [0.15, 0.2) is 11.6 Å². The molecule has 3 unspecified atom stereocenters. The molecule has 1 N–H and O–H groups in total. The number of rotatable bonds is 1. The Hall–Kier alpha value is -0.300. The molecular formula is C15H26O. The van der Waals surface area contributed by atoms with Crippen molar-refractivity contribution in [3.05, 3.63) is 11.6 Å². The first-order valence-electron chi connectivity index (χ1n) is 6.76. The van der Waals surface area contributed by atoms with Crippen molar-refractivity contribution in [2.75, 3.05) is 0 Å². The van der Waals surface area contributed by atoms with Crippen LogP contribution in [-0.2, 0) is 0 Å². The third-order valence-corrected chi connectivity index (χ3v) is 5.33. The SMILES string of the molecule is CC1=CCCC(C)C12CCC(C(C)(C)O)C2. The zero-order valence-corrected chi connectivity index (χ0v) is 11.2. The molecule has 1 saturated carbocycles. The smallest absolute Gasteiger partial charge is 0.0620 e. The summed E-state index contributed by atoms with van der Waals surface area (Å²) in [5, 5.41) is 10.2. The molecule has 2 aliphatic carbocycles. The molecule has 0 amide bonds. The van der Waals surface area contributed by atoms with Gasteiger partial charge in [0.05, 0.1) is 5.60 Å². The normalized spacial score (nSPS) is 40.2. The lowest BCUT2D eigenvalue weighted by Gasteiger charge is -2.41. The molecule has 0 heterocycles. The summed E-state index contributed by atoms with van der Waals surface area (Å²) >= 11 is 0. The van der Waals surface area contributed by atoms with Gasteiger partial charge in [0.1, 0.15) is 0 Å². The van der Waals surface area contributed by atoms with Crippen LogP contribution >= 0.6 is 0 Å². The predicted octanol–water partition coefficient (Wildman–Crippen LogP) is 3.92. The highest BCUT2D eigenvalue weighted by atomic mass is 16.3. The third-order valence-electron chi connectivity index (χ3n) is 5.33. The second kappa shape index (κ2) is 3.87. The Labute approximate surface area is 99.9 Å². The van der Waals surface area contributed by atoms with Crippen molar-refractivity contribution < 1.29 is 5.11 Å². The third kappa shape index (κ3) is 1.84. The molecular weight excluding hydrogens is 196 g/mol. The van der Waals surface area contributed by atoms with Crippen molar-refractivity contribution in [1.82, 2.24) is 0 Å². The average molecular weight is 222 g/mol. The standard InChI is InChI=1S/C15H26O/c1-11-6-5-7-12(2)15(11)9-8-13(10-15)14(3,4)16/h6,12-13,16H,5,7-10H2,1-4H3. The largest absolute Gasteiger partial charge is 0.390 e. The van der Waals surface area contributed by atoms with Crippen molar-refractivity contribution in [1.29, 1.82) is 0 Å². The van der Waals surface area contributed by atoms with E-state index >= 15 is 0 Å². The Balaban J connectivity index is 2.22. The van der Waals surface area contributed by atoms with Gasteiger partial charge in [-0.05, 0) is 70.1 Å². The fraction of sp³-hybridized carbons (Fsp3) is 0.867. The van der Waals surface area contributed by atoms with E-state index in [1.165, 1.54) is 32.1 Å². The molecule has 0 radical (unpaired) electrons. The minimum absolute atomic E-state index is 0.420. The quantitative estimate of drug-likeness (QED) is 0.667. The van der Waals surface area contributed by atoms with Gasteiger partial charge < -0.3 is 5.11 Å². The molecule has 0 bridgehead atoms. The summed E-state index contributed by atoms with van der Waals surface area (Å²) in [6.45, 7) is 8.66. The van der Waals surface area contributed by atoms with E-state index in [0.29, 0.717) is 11.3 Å². The van der Waals surface area contributed by atoms with E-state index in [1.54, 1.807) is 5.57 Å². The number of allylic oxidation sites excluding steroid dienone is 2. The summed E-state index contributed by atoms with van der Waals surface area (Å²) in [6.07, 6.45) is 8.69. The van der Waals surface area contributed by atoms with Crippen molar-refractivity contribution in [2.45, 2.75) is 65.4 Å². The molecule has 2 aliphatic rings. The molecule has 2 rings (SSSR count). The molecule has 1 heteroatoms. The van der Waals surface area contributed by atoms with Crippen molar-refractivity contribution in [3.8, 4) is 0 Å². The first-order chi connectivity index (χ1) is 7.36. The van der Waals surface area contributed by atoms with Gasteiger partial charge in [0.15, 0.2) is 0 Å². The van der Waals surface area contributed by atoms with Crippen LogP contribution in [0.5, 0.6) is 0 Å². The average Bonchev–Trinajstić information content (AvgIpc) is 2.60. The lowest BCUT2D eigenvalue weighted by Crippen LogP contribution is -2.34. The lowest BCUT2D eigenvalue weighted by molar-refractivity contribution is 0.0128. The van der Waals surface area contributed by atoms with Crippen molar-refractivity contribution in [2.24, 2.45) is 17.3 Å². The van der Waals surface area contributed by atoms with Gasteiger partial charge in [-0.15, -0.1) is 0 Å². The van der Waals surface area contributed by atoms with Crippen LogP contribution in [-0.4, -0.2) is 10.7 Å². The first kappa shape index (κ1) is 12.2. The fourth-order valence-electron chi connectivity index (χ4n) is 3.90. The van der Waals surface area contributed by atoms with Crippen molar-refractivity contribution in [3.63, 3.8) is 0 Å². The van der Waals surface area contributed by atoms with E-state index < -0.39 is 5.60 Å². The molecule has 1 spiro atoms. The number of aliphatic hydroxyl groups is 1. The minimum atomic E-state index is -0.499. The molecule has 1 nitrogen and oxygen atoms in total. The fourth-order valence-corrected chi connectivity index (χ4v) is 3.90. The lowest BCUT2D eigenvalue weighted by atomic mass is 9.64. The van der Waals surface area contributed by atoms with Gasteiger partial charge in [-0.3, -0.25) is 0 Å². The molecule has 3 atom stereocenters. The predicted molar refractivity (Wildman–Crippen MR) is 68.2 cm³/mol. The zero-order chi connectivity index (χ0) is 12.0. The summed E-state index contributed by atoms with van der Waals surface area (Å²) < 4.78 is 0. The zero-order valence-electron chi connectivity index (χ0n) is 11.2. The van der Waals surface area contributed by atoms with Gasteiger partial charge in [0, 0.05) is 0 Å². The van der Waals surface area contributed by atoms with Crippen LogP contribution in [0.2, 0.25) is 0 Å². The second-order valence-corrected chi connectivity index (χ2v) is 6.62. The summed E-state index contributed by atoms with van der Waals surface area (Å²) in [5.74, 6) is 1.28. The van der Waals surface area contributed by atoms with Gasteiger partial charge in [-0.25, -0.2) is 0 Å². The Morgan fingerprint density at radius 2 is 2.06 bits per heavy atom. The summed E-state index contributed by atoms with van der Waals surface area (Å²) in [6, 6.07) is 0. The molecule has 92 valence electrons. The van der Waals surface area contributed by atoms with Crippen LogP contribution < -0.4 is 0 Å². The van der Waals surface area contributed by atoms with Gasteiger partial charge in [0.25, 0.3) is 0 Å². The van der Waals surface area contributed by atoms with E-state index in [-0.39, 0.29) is 0 Å². The maximum Gasteiger partial charge on any atom is 0.0620 e. The maximum atomic E-state index is 10.2. The molecule has 16 heavy (non-hydrogen) atoms. The molecule has 0 aliphatic heterocycles. The number of hydrogen-bond acceptors (Lipinski definition) is 1. The second-order valence-electron chi connectivity index (χ2n) is 6.62. The van der Waals surface area contributed by atoms with Crippen LogP contribution in [0.25, 0.3) is 0 Å². The molecule has 0 aromatic rings.